The number of carbonyl (C=O) groups is 1. The van der Waals surface area contributed by atoms with E-state index in [0.29, 0.717) is 26.0 Å². The van der Waals surface area contributed by atoms with Gasteiger partial charge >= 0.3 is 12.1 Å². The second-order valence-corrected chi connectivity index (χ2v) is 5.11. The summed E-state index contributed by atoms with van der Waals surface area (Å²) < 4.78 is 42.9. The van der Waals surface area contributed by atoms with Crippen LogP contribution in [0.25, 0.3) is 0 Å². The predicted molar refractivity (Wildman–Crippen MR) is 65.7 cm³/mol. The molecule has 1 fully saturated rings. The zero-order chi connectivity index (χ0) is 14.5. The van der Waals surface area contributed by atoms with Crippen molar-refractivity contribution in [2.24, 2.45) is 5.92 Å². The average molecular weight is 281 g/mol. The van der Waals surface area contributed by atoms with E-state index in [-0.39, 0.29) is 25.2 Å². The van der Waals surface area contributed by atoms with Crippen LogP contribution in [0.1, 0.15) is 46.0 Å². The van der Waals surface area contributed by atoms with Gasteiger partial charge < -0.3 is 10.1 Å². The van der Waals surface area contributed by atoms with Crippen molar-refractivity contribution in [1.82, 2.24) is 5.32 Å². The van der Waals surface area contributed by atoms with Crippen molar-refractivity contribution >= 4 is 5.97 Å². The van der Waals surface area contributed by atoms with Crippen LogP contribution in [0.2, 0.25) is 0 Å². The van der Waals surface area contributed by atoms with E-state index >= 15 is 0 Å². The van der Waals surface area contributed by atoms with Gasteiger partial charge in [0, 0.05) is 5.54 Å². The van der Waals surface area contributed by atoms with Gasteiger partial charge in [-0.15, -0.1) is 0 Å². The van der Waals surface area contributed by atoms with Crippen LogP contribution in [0.3, 0.4) is 0 Å². The molecule has 0 heterocycles. The van der Waals surface area contributed by atoms with Crippen molar-refractivity contribution in [1.29, 1.82) is 0 Å². The third kappa shape index (κ3) is 4.67. The van der Waals surface area contributed by atoms with E-state index in [1.54, 1.807) is 6.92 Å². The number of alkyl halides is 3. The molecule has 0 aromatic heterocycles. The molecule has 0 aromatic rings. The first-order valence-corrected chi connectivity index (χ1v) is 6.80. The summed E-state index contributed by atoms with van der Waals surface area (Å²) in [5.74, 6) is -1.57. The minimum atomic E-state index is -4.12. The summed E-state index contributed by atoms with van der Waals surface area (Å²) in [6.07, 6.45) is -3.08. The highest BCUT2D eigenvalue weighted by Gasteiger charge is 2.46. The third-order valence-electron chi connectivity index (χ3n) is 3.75. The highest BCUT2D eigenvalue weighted by molar-refractivity contribution is 5.71. The normalized spacial score (nSPS) is 28.2. The van der Waals surface area contributed by atoms with Crippen LogP contribution in [0, 0.1) is 5.92 Å². The second-order valence-electron chi connectivity index (χ2n) is 5.11. The molecule has 6 heteroatoms. The molecule has 0 spiro atoms. The minimum Gasteiger partial charge on any atom is -0.466 e. The number of rotatable bonds is 5. The lowest BCUT2D eigenvalue weighted by Gasteiger charge is -2.40. The fraction of sp³-hybridized carbons (Fsp3) is 0.923. The maximum atomic E-state index is 12.7. The fourth-order valence-electron chi connectivity index (χ4n) is 2.78. The number of hydrogen-bond donors (Lipinski definition) is 1. The van der Waals surface area contributed by atoms with Gasteiger partial charge in [-0.2, -0.15) is 13.2 Å². The molecule has 1 saturated carbocycles. The number of nitrogens with one attached hydrogen (secondary N) is 1. The summed E-state index contributed by atoms with van der Waals surface area (Å²) in [6.45, 7) is 4.55. The number of halogens is 3. The maximum absolute atomic E-state index is 12.7. The Balaban J connectivity index is 2.63. The van der Waals surface area contributed by atoms with Crippen molar-refractivity contribution in [3.8, 4) is 0 Å². The Morgan fingerprint density at radius 1 is 1.32 bits per heavy atom. The van der Waals surface area contributed by atoms with Crippen molar-refractivity contribution in [2.45, 2.75) is 57.7 Å². The topological polar surface area (TPSA) is 38.3 Å². The number of ether oxygens (including phenoxy) is 1. The van der Waals surface area contributed by atoms with Crippen LogP contribution in [0.15, 0.2) is 0 Å². The molecule has 1 N–H and O–H groups in total. The molecule has 0 radical (unpaired) electrons. The van der Waals surface area contributed by atoms with Crippen LogP contribution >= 0.6 is 0 Å². The molecule has 19 heavy (non-hydrogen) atoms. The molecule has 0 unspecified atom stereocenters. The molecule has 3 nitrogen and oxygen atoms in total. The first-order chi connectivity index (χ1) is 8.83. The molecule has 1 aliphatic rings. The number of carbonyl (C=O) groups excluding carboxylic acids is 1. The SMILES string of the molecule is CCNC1(CC(=O)OCC)CCC(C(F)(F)F)CC1. The van der Waals surface area contributed by atoms with Crippen LogP contribution in [-0.2, 0) is 9.53 Å². The van der Waals surface area contributed by atoms with Crippen molar-refractivity contribution < 1.29 is 22.7 Å². The molecular formula is C13H22F3NO2. The third-order valence-corrected chi connectivity index (χ3v) is 3.75. The Kier molecular flexibility index (Phi) is 5.64. The largest absolute Gasteiger partial charge is 0.466 e. The second kappa shape index (κ2) is 6.59. The van der Waals surface area contributed by atoms with E-state index in [9.17, 15) is 18.0 Å². The molecule has 0 aromatic carbocycles. The van der Waals surface area contributed by atoms with Gasteiger partial charge in [-0.25, -0.2) is 0 Å². The van der Waals surface area contributed by atoms with Gasteiger partial charge in [0.2, 0.25) is 0 Å². The van der Waals surface area contributed by atoms with Gasteiger partial charge in [-0.3, -0.25) is 4.79 Å². The van der Waals surface area contributed by atoms with Gasteiger partial charge in [-0.05, 0) is 39.2 Å². The van der Waals surface area contributed by atoms with Crippen molar-refractivity contribution in [2.75, 3.05) is 13.2 Å². The molecule has 0 aliphatic heterocycles. The summed E-state index contributed by atoms with van der Waals surface area (Å²) in [7, 11) is 0. The van der Waals surface area contributed by atoms with Crippen LogP contribution in [-0.4, -0.2) is 30.8 Å². The zero-order valence-corrected chi connectivity index (χ0v) is 11.5. The molecular weight excluding hydrogens is 259 g/mol. The molecule has 0 amide bonds. The van der Waals surface area contributed by atoms with E-state index in [1.807, 2.05) is 6.92 Å². The van der Waals surface area contributed by atoms with E-state index in [2.05, 4.69) is 5.32 Å². The molecule has 1 aliphatic carbocycles. The summed E-state index contributed by atoms with van der Waals surface area (Å²) in [6, 6.07) is 0. The number of hydrogen-bond acceptors (Lipinski definition) is 3. The Morgan fingerprint density at radius 2 is 1.89 bits per heavy atom. The van der Waals surface area contributed by atoms with Gasteiger partial charge in [0.25, 0.3) is 0 Å². The molecule has 0 atom stereocenters. The fourth-order valence-corrected chi connectivity index (χ4v) is 2.78. The van der Waals surface area contributed by atoms with E-state index in [4.69, 9.17) is 4.74 Å². The Morgan fingerprint density at radius 3 is 2.32 bits per heavy atom. The van der Waals surface area contributed by atoms with Crippen LogP contribution in [0.5, 0.6) is 0 Å². The Bertz CT molecular complexity index is 297. The zero-order valence-electron chi connectivity index (χ0n) is 11.5. The number of esters is 1. The van der Waals surface area contributed by atoms with Gasteiger partial charge in [0.15, 0.2) is 0 Å². The monoisotopic (exact) mass is 281 g/mol. The molecule has 1 rings (SSSR count). The summed E-state index contributed by atoms with van der Waals surface area (Å²) in [5.41, 5.74) is -0.525. The van der Waals surface area contributed by atoms with Crippen molar-refractivity contribution in [3.63, 3.8) is 0 Å². The summed E-state index contributed by atoms with van der Waals surface area (Å²) in [5, 5.41) is 3.19. The van der Waals surface area contributed by atoms with Crippen LogP contribution < -0.4 is 5.32 Å². The lowest BCUT2D eigenvalue weighted by molar-refractivity contribution is -0.185. The Hall–Kier alpha value is -0.780. The molecule has 0 bridgehead atoms. The van der Waals surface area contributed by atoms with Gasteiger partial charge in [0.1, 0.15) is 0 Å². The first-order valence-electron chi connectivity index (χ1n) is 6.80. The van der Waals surface area contributed by atoms with Gasteiger partial charge in [0.05, 0.1) is 18.9 Å². The lowest BCUT2D eigenvalue weighted by Crippen LogP contribution is -2.50. The van der Waals surface area contributed by atoms with Crippen molar-refractivity contribution in [3.05, 3.63) is 0 Å². The molecule has 0 saturated heterocycles. The average Bonchev–Trinajstić information content (AvgIpc) is 2.28. The molecule has 112 valence electrons. The Labute approximate surface area is 111 Å². The highest BCUT2D eigenvalue weighted by Crippen LogP contribution is 2.42. The van der Waals surface area contributed by atoms with E-state index in [1.165, 1.54) is 0 Å². The first kappa shape index (κ1) is 16.3. The quantitative estimate of drug-likeness (QED) is 0.787. The summed E-state index contributed by atoms with van der Waals surface area (Å²) in [4.78, 5) is 11.6. The van der Waals surface area contributed by atoms with Crippen LogP contribution in [0.4, 0.5) is 13.2 Å². The predicted octanol–water partition coefficient (Wildman–Crippen LogP) is 3.04. The summed E-state index contributed by atoms with van der Waals surface area (Å²) >= 11 is 0. The standard InChI is InChI=1S/C13H22F3NO2/c1-3-17-12(9-11(18)19-4-2)7-5-10(6-8-12)13(14,15)16/h10,17H,3-9H2,1-2H3. The maximum Gasteiger partial charge on any atom is 0.391 e. The minimum absolute atomic E-state index is 0.0793. The lowest BCUT2D eigenvalue weighted by atomic mass is 9.74. The highest BCUT2D eigenvalue weighted by atomic mass is 19.4. The van der Waals surface area contributed by atoms with Gasteiger partial charge in [-0.1, -0.05) is 6.92 Å². The van der Waals surface area contributed by atoms with E-state index in [0.717, 1.165) is 0 Å². The van der Waals surface area contributed by atoms with E-state index < -0.39 is 17.6 Å². The smallest absolute Gasteiger partial charge is 0.391 e.